The predicted octanol–water partition coefficient (Wildman–Crippen LogP) is 19.8. The topological polar surface area (TPSA) is 237 Å². The molecule has 0 aromatic carbocycles. The molecule has 0 aliphatic carbocycles. The zero-order valence-corrected chi connectivity index (χ0v) is 59.9. The second-order valence-electron chi connectivity index (χ2n) is 23.1. The maximum Gasteiger partial charge on any atom is 0.472 e. The average Bonchev–Trinajstić information content (AvgIpc) is 1.36. The Morgan fingerprint density at radius 2 is 0.617 bits per heavy atom. The standard InChI is InChI=1S/C75H124O17P2/c1-5-9-13-17-21-25-29-32-34-37-41-44-48-52-56-60-73(78)86-66-71(92-75(80)62-58-54-50-46-42-38-35-33-30-26-22-18-14-10-6-2)68-90-94(83,84)88-64-69(76)63-87-93(81,82)89-67-70(91-74(79)61-57-53-49-45-39-28-24-20-16-12-8-4)65-85-72(77)59-55-51-47-43-40-36-31-27-23-19-15-11-7-3/h9-10,13-15,19,21-22,25-27,31-35,41-42,44,46,52,56,69-71,76H,5-8,11-12,16-18,20,23-24,28-30,36-40,43,45,47-51,53-55,57-68H2,1-4H3,(H,81,82)(H,83,84)/b13-9-,14-10-,19-15-,25-21-,26-22-,31-27-,34-32-,35-33-,44-41-,46-42-,56-52-. The first kappa shape index (κ1) is 89.2. The molecule has 0 saturated heterocycles. The van der Waals surface area contributed by atoms with Crippen molar-refractivity contribution in [3.05, 3.63) is 134 Å². The van der Waals surface area contributed by atoms with Crippen LogP contribution in [0.4, 0.5) is 0 Å². The van der Waals surface area contributed by atoms with Crippen molar-refractivity contribution in [2.45, 2.75) is 277 Å². The maximum atomic E-state index is 13.0. The molecule has 0 rings (SSSR count). The lowest BCUT2D eigenvalue weighted by Crippen LogP contribution is -2.30. The van der Waals surface area contributed by atoms with Crippen molar-refractivity contribution >= 4 is 39.5 Å². The number of phosphoric acid groups is 2. The lowest BCUT2D eigenvalue weighted by molar-refractivity contribution is -0.161. The Balaban J connectivity index is 5.45. The van der Waals surface area contributed by atoms with Crippen LogP contribution in [0.25, 0.3) is 0 Å². The van der Waals surface area contributed by atoms with Crippen molar-refractivity contribution in [1.82, 2.24) is 0 Å². The summed E-state index contributed by atoms with van der Waals surface area (Å²) < 4.78 is 68.0. The minimum Gasteiger partial charge on any atom is -0.462 e. The van der Waals surface area contributed by atoms with E-state index in [-0.39, 0.29) is 25.7 Å². The summed E-state index contributed by atoms with van der Waals surface area (Å²) in [6, 6.07) is 0. The van der Waals surface area contributed by atoms with E-state index in [1.807, 2.05) is 24.3 Å². The summed E-state index contributed by atoms with van der Waals surface area (Å²) in [5, 5.41) is 10.6. The molecule has 17 nitrogen and oxygen atoms in total. The molecule has 0 aliphatic rings. The molecule has 94 heavy (non-hydrogen) atoms. The zero-order chi connectivity index (χ0) is 69.0. The third kappa shape index (κ3) is 65.8. The van der Waals surface area contributed by atoms with Crippen molar-refractivity contribution in [2.24, 2.45) is 0 Å². The van der Waals surface area contributed by atoms with E-state index in [0.29, 0.717) is 32.1 Å². The van der Waals surface area contributed by atoms with Gasteiger partial charge in [-0.05, 0) is 116 Å². The van der Waals surface area contributed by atoms with Crippen LogP contribution in [0.5, 0.6) is 0 Å². The molecule has 0 bridgehead atoms. The molecule has 5 unspecified atom stereocenters. The van der Waals surface area contributed by atoms with E-state index in [1.54, 1.807) is 6.08 Å². The summed E-state index contributed by atoms with van der Waals surface area (Å²) >= 11 is 0. The van der Waals surface area contributed by atoms with Gasteiger partial charge in [0.2, 0.25) is 0 Å². The summed E-state index contributed by atoms with van der Waals surface area (Å²) in [5.41, 5.74) is 0. The Kier molecular flexibility index (Phi) is 63.4. The van der Waals surface area contributed by atoms with E-state index in [1.165, 1.54) is 38.5 Å². The lowest BCUT2D eigenvalue weighted by Gasteiger charge is -2.21. The maximum absolute atomic E-state index is 13.0. The van der Waals surface area contributed by atoms with Gasteiger partial charge >= 0.3 is 39.5 Å². The number of hydrogen-bond donors (Lipinski definition) is 3. The fourth-order valence-electron chi connectivity index (χ4n) is 8.79. The molecule has 0 saturated carbocycles. The van der Waals surface area contributed by atoms with E-state index < -0.39 is 97.5 Å². The van der Waals surface area contributed by atoms with Gasteiger partial charge in [0.15, 0.2) is 12.2 Å². The van der Waals surface area contributed by atoms with Gasteiger partial charge in [0.1, 0.15) is 19.3 Å². The molecule has 0 aromatic rings. The number of allylic oxidation sites excluding steroid dienone is 21. The smallest absolute Gasteiger partial charge is 0.462 e. The van der Waals surface area contributed by atoms with Crippen LogP contribution in [0.3, 0.4) is 0 Å². The van der Waals surface area contributed by atoms with Crippen LogP contribution in [-0.4, -0.2) is 96.7 Å². The molecule has 0 aromatic heterocycles. The fraction of sp³-hybridized carbons (Fsp3) is 0.653. The first-order chi connectivity index (χ1) is 45.7. The molecule has 5 atom stereocenters. The van der Waals surface area contributed by atoms with Crippen molar-refractivity contribution in [1.29, 1.82) is 0 Å². The van der Waals surface area contributed by atoms with Crippen LogP contribution >= 0.6 is 15.6 Å². The number of hydrogen-bond acceptors (Lipinski definition) is 15. The minimum atomic E-state index is -5.00. The second-order valence-corrected chi connectivity index (χ2v) is 26.0. The summed E-state index contributed by atoms with van der Waals surface area (Å²) in [7, 11) is -9.98. The third-order valence-corrected chi connectivity index (χ3v) is 16.0. The summed E-state index contributed by atoms with van der Waals surface area (Å²) in [6.45, 7) is 4.36. The van der Waals surface area contributed by atoms with Gasteiger partial charge in [-0.15, -0.1) is 0 Å². The van der Waals surface area contributed by atoms with Crippen molar-refractivity contribution in [3.8, 4) is 0 Å². The molecule has 0 radical (unpaired) electrons. The van der Waals surface area contributed by atoms with Gasteiger partial charge in [0, 0.05) is 19.3 Å². The van der Waals surface area contributed by atoms with Crippen molar-refractivity contribution in [2.75, 3.05) is 39.6 Å². The summed E-state index contributed by atoms with van der Waals surface area (Å²) in [6.07, 6.45) is 72.2. The molecular formula is C75H124O17P2. The largest absolute Gasteiger partial charge is 0.472 e. The Bertz CT molecular complexity index is 2310. The average molecular weight is 1360 g/mol. The van der Waals surface area contributed by atoms with Gasteiger partial charge in [-0.1, -0.05) is 251 Å². The number of aliphatic hydroxyl groups is 1. The van der Waals surface area contributed by atoms with E-state index in [9.17, 15) is 43.2 Å². The molecule has 0 heterocycles. The van der Waals surface area contributed by atoms with Crippen LogP contribution in [-0.2, 0) is 65.4 Å². The molecule has 19 heteroatoms. The van der Waals surface area contributed by atoms with E-state index in [4.69, 9.17) is 37.0 Å². The number of carbonyl (C=O) groups excluding carboxylic acids is 4. The Labute approximate surface area is 567 Å². The molecule has 0 fully saturated rings. The Hall–Kier alpha value is -4.80. The summed E-state index contributed by atoms with van der Waals surface area (Å²) in [4.78, 5) is 72.5. The Morgan fingerprint density at radius 3 is 1.01 bits per heavy atom. The number of phosphoric ester groups is 2. The van der Waals surface area contributed by atoms with E-state index >= 15 is 0 Å². The molecule has 3 N–H and O–H groups in total. The lowest BCUT2D eigenvalue weighted by atomic mass is 10.1. The van der Waals surface area contributed by atoms with Gasteiger partial charge in [-0.2, -0.15) is 0 Å². The molecule has 536 valence electrons. The quantitative estimate of drug-likeness (QED) is 0.0169. The fourth-order valence-corrected chi connectivity index (χ4v) is 10.4. The number of ether oxygens (including phenoxy) is 4. The van der Waals surface area contributed by atoms with Crippen molar-refractivity contribution in [3.63, 3.8) is 0 Å². The highest BCUT2D eigenvalue weighted by molar-refractivity contribution is 7.47. The first-order valence-corrected chi connectivity index (χ1v) is 38.4. The van der Waals surface area contributed by atoms with Crippen LogP contribution in [0.15, 0.2) is 134 Å². The van der Waals surface area contributed by atoms with Gasteiger partial charge in [-0.3, -0.25) is 37.3 Å². The molecule has 0 spiro atoms. The van der Waals surface area contributed by atoms with E-state index in [2.05, 4.69) is 131 Å². The monoisotopic (exact) mass is 1360 g/mol. The molecule has 0 aliphatic heterocycles. The van der Waals surface area contributed by atoms with Crippen LogP contribution in [0.2, 0.25) is 0 Å². The highest BCUT2D eigenvalue weighted by atomic mass is 31.2. The number of aliphatic hydroxyl groups excluding tert-OH is 1. The normalized spacial score (nSPS) is 14.8. The highest BCUT2D eigenvalue weighted by Gasteiger charge is 2.30. The second kappa shape index (κ2) is 66.8. The molecule has 0 amide bonds. The number of esters is 4. The zero-order valence-electron chi connectivity index (χ0n) is 58.1. The van der Waals surface area contributed by atoms with Crippen LogP contribution < -0.4 is 0 Å². The number of carbonyl (C=O) groups is 4. The van der Waals surface area contributed by atoms with Crippen molar-refractivity contribution < 1.29 is 80.2 Å². The van der Waals surface area contributed by atoms with Gasteiger partial charge < -0.3 is 33.8 Å². The number of unbranched alkanes of at least 4 members (excludes halogenated alkanes) is 18. The van der Waals surface area contributed by atoms with E-state index in [0.717, 1.165) is 135 Å². The van der Waals surface area contributed by atoms with Crippen LogP contribution in [0, 0.1) is 0 Å². The first-order valence-electron chi connectivity index (χ1n) is 35.4. The SMILES string of the molecule is CC/C=C\C/C=C\C/C=C\C/C=C\C/C=C\CC(=O)OCC(COP(=O)(O)OCC(O)COP(=O)(O)OCC(COC(=O)CCCCCCC/C=C\C/C=C\CCC)OC(=O)CCCCCCCCCCCCC)OC(=O)CCCC/C=C\C/C=C\C/C=C\C/C=C\CC. The Morgan fingerprint density at radius 1 is 0.319 bits per heavy atom. The van der Waals surface area contributed by atoms with Crippen LogP contribution in [0.1, 0.15) is 259 Å². The third-order valence-electron chi connectivity index (χ3n) is 14.1. The summed E-state index contributed by atoms with van der Waals surface area (Å²) in [5.74, 6) is -2.39. The van der Waals surface area contributed by atoms with Gasteiger partial charge in [0.25, 0.3) is 0 Å². The molecular weight excluding hydrogens is 1230 g/mol. The predicted molar refractivity (Wildman–Crippen MR) is 381 cm³/mol. The minimum absolute atomic E-state index is 0.0196. The number of rotatable bonds is 65. The van der Waals surface area contributed by atoms with Gasteiger partial charge in [0.05, 0.1) is 32.8 Å². The highest BCUT2D eigenvalue weighted by Crippen LogP contribution is 2.45. The van der Waals surface area contributed by atoms with Gasteiger partial charge in [-0.25, -0.2) is 9.13 Å².